The highest BCUT2D eigenvalue weighted by Gasteiger charge is 2.12. The summed E-state index contributed by atoms with van der Waals surface area (Å²) in [6.45, 7) is 4.99. The van der Waals surface area contributed by atoms with Gasteiger partial charge in [0.2, 0.25) is 0 Å². The van der Waals surface area contributed by atoms with E-state index in [0.29, 0.717) is 12.3 Å². The zero-order valence-corrected chi connectivity index (χ0v) is 11.4. The molecule has 2 aromatic rings. The lowest BCUT2D eigenvalue weighted by Crippen LogP contribution is -2.12. The molecule has 0 radical (unpaired) electrons. The first-order valence-electron chi connectivity index (χ1n) is 5.93. The molecule has 0 aliphatic heterocycles. The summed E-state index contributed by atoms with van der Waals surface area (Å²) < 4.78 is 6.95. The number of thiazole rings is 1. The van der Waals surface area contributed by atoms with Gasteiger partial charge >= 0.3 is 5.97 Å². The predicted molar refractivity (Wildman–Crippen MR) is 70.9 cm³/mol. The van der Waals surface area contributed by atoms with Gasteiger partial charge in [0, 0.05) is 24.0 Å². The lowest BCUT2D eigenvalue weighted by molar-refractivity contribution is 0.0514. The minimum atomic E-state index is -0.261. The fourth-order valence-electron chi connectivity index (χ4n) is 1.79. The van der Waals surface area contributed by atoms with Crippen LogP contribution in [0.2, 0.25) is 0 Å². The van der Waals surface area contributed by atoms with Crippen LogP contribution in [0, 0.1) is 6.92 Å². The van der Waals surface area contributed by atoms with Gasteiger partial charge in [0.1, 0.15) is 5.69 Å². The molecule has 0 unspecified atom stereocenters. The van der Waals surface area contributed by atoms with Crippen molar-refractivity contribution >= 4 is 17.3 Å². The van der Waals surface area contributed by atoms with Crippen LogP contribution < -0.4 is 0 Å². The minimum Gasteiger partial charge on any atom is -0.461 e. The first-order chi connectivity index (χ1) is 8.72. The highest BCUT2D eigenvalue weighted by molar-refractivity contribution is 7.09. The summed E-state index contributed by atoms with van der Waals surface area (Å²) in [5, 5.41) is 0. The van der Waals surface area contributed by atoms with Crippen molar-refractivity contribution in [3.63, 3.8) is 0 Å². The summed E-state index contributed by atoms with van der Waals surface area (Å²) in [5.41, 5.74) is 3.54. The number of aromatic nitrogens is 2. The van der Waals surface area contributed by atoms with E-state index in [1.54, 1.807) is 17.4 Å². The Morgan fingerprint density at radius 1 is 1.56 bits per heavy atom. The van der Waals surface area contributed by atoms with Crippen molar-refractivity contribution in [2.24, 2.45) is 0 Å². The molecule has 96 valence electrons. The van der Waals surface area contributed by atoms with E-state index in [4.69, 9.17) is 4.74 Å². The Bertz CT molecular complexity index is 531. The third kappa shape index (κ3) is 2.79. The van der Waals surface area contributed by atoms with Crippen molar-refractivity contribution in [2.45, 2.75) is 26.8 Å². The predicted octanol–water partition coefficient (Wildman–Crippen LogP) is 2.67. The van der Waals surface area contributed by atoms with Crippen LogP contribution in [0.15, 0.2) is 23.8 Å². The summed E-state index contributed by atoms with van der Waals surface area (Å²) in [6.07, 6.45) is 2.79. The molecule has 0 aliphatic rings. The van der Waals surface area contributed by atoms with Gasteiger partial charge in [-0.3, -0.25) is 0 Å². The zero-order valence-electron chi connectivity index (χ0n) is 10.5. The van der Waals surface area contributed by atoms with Gasteiger partial charge in [0.05, 0.1) is 17.8 Å². The van der Waals surface area contributed by atoms with Crippen molar-refractivity contribution < 1.29 is 9.53 Å². The van der Waals surface area contributed by atoms with E-state index in [-0.39, 0.29) is 5.97 Å². The van der Waals surface area contributed by atoms with Gasteiger partial charge in [-0.1, -0.05) is 0 Å². The standard InChI is InChI=1S/C13H16N2O2S/c1-3-17-13(16)11-5-4-7-15(11)8-6-12-10(2)14-9-18-12/h4-5,7,9H,3,6,8H2,1-2H3. The second-order valence-corrected chi connectivity index (χ2v) is 4.86. The highest BCUT2D eigenvalue weighted by Crippen LogP contribution is 2.14. The Labute approximate surface area is 110 Å². The summed E-state index contributed by atoms with van der Waals surface area (Å²) in [4.78, 5) is 17.2. The Morgan fingerprint density at radius 2 is 2.39 bits per heavy atom. The molecule has 2 aromatic heterocycles. The van der Waals surface area contributed by atoms with Gasteiger partial charge in [-0.15, -0.1) is 11.3 Å². The Hall–Kier alpha value is -1.62. The number of hydrogen-bond acceptors (Lipinski definition) is 4. The van der Waals surface area contributed by atoms with Gasteiger partial charge in [0.25, 0.3) is 0 Å². The van der Waals surface area contributed by atoms with E-state index in [1.165, 1.54) is 4.88 Å². The van der Waals surface area contributed by atoms with E-state index in [9.17, 15) is 4.79 Å². The van der Waals surface area contributed by atoms with E-state index >= 15 is 0 Å². The van der Waals surface area contributed by atoms with Crippen LogP contribution in [0.4, 0.5) is 0 Å². The molecule has 0 saturated heterocycles. The minimum absolute atomic E-state index is 0.261. The van der Waals surface area contributed by atoms with Crippen molar-refractivity contribution in [1.29, 1.82) is 0 Å². The number of carbonyl (C=O) groups excluding carboxylic acids is 1. The van der Waals surface area contributed by atoms with E-state index in [2.05, 4.69) is 4.98 Å². The maximum atomic E-state index is 11.7. The molecule has 0 bridgehead atoms. The molecule has 0 atom stereocenters. The van der Waals surface area contributed by atoms with Gasteiger partial charge in [-0.25, -0.2) is 9.78 Å². The number of nitrogens with zero attached hydrogens (tertiary/aromatic N) is 2. The first-order valence-corrected chi connectivity index (χ1v) is 6.81. The van der Waals surface area contributed by atoms with Crippen LogP contribution >= 0.6 is 11.3 Å². The SMILES string of the molecule is CCOC(=O)c1cccn1CCc1scnc1C. The Morgan fingerprint density at radius 3 is 3.06 bits per heavy atom. The van der Waals surface area contributed by atoms with Crippen LogP contribution in [0.25, 0.3) is 0 Å². The number of rotatable bonds is 5. The monoisotopic (exact) mass is 264 g/mol. The average molecular weight is 264 g/mol. The normalized spacial score (nSPS) is 10.6. The number of carbonyl (C=O) groups is 1. The van der Waals surface area contributed by atoms with Gasteiger partial charge < -0.3 is 9.30 Å². The first kappa shape index (κ1) is 12.8. The molecule has 0 N–H and O–H groups in total. The fraction of sp³-hybridized carbons (Fsp3) is 0.385. The van der Waals surface area contributed by atoms with Crippen molar-refractivity contribution in [3.8, 4) is 0 Å². The molecule has 0 spiro atoms. The highest BCUT2D eigenvalue weighted by atomic mass is 32.1. The molecule has 2 rings (SSSR count). The number of ether oxygens (including phenoxy) is 1. The maximum absolute atomic E-state index is 11.7. The number of aryl methyl sites for hydroxylation is 3. The van der Waals surface area contributed by atoms with Gasteiger partial charge in [-0.2, -0.15) is 0 Å². The third-order valence-corrected chi connectivity index (χ3v) is 3.73. The fourth-order valence-corrected chi connectivity index (χ4v) is 2.56. The summed E-state index contributed by atoms with van der Waals surface area (Å²) in [5.74, 6) is -0.261. The summed E-state index contributed by atoms with van der Waals surface area (Å²) >= 11 is 1.66. The smallest absolute Gasteiger partial charge is 0.354 e. The Kier molecular flexibility index (Phi) is 4.15. The van der Waals surface area contributed by atoms with E-state index in [0.717, 1.165) is 18.7 Å². The summed E-state index contributed by atoms with van der Waals surface area (Å²) in [6, 6.07) is 3.66. The molecular weight excluding hydrogens is 248 g/mol. The van der Waals surface area contributed by atoms with E-state index in [1.807, 2.05) is 36.2 Å². The quantitative estimate of drug-likeness (QED) is 0.780. The molecular formula is C13H16N2O2S. The Balaban J connectivity index is 2.04. The second-order valence-electron chi connectivity index (χ2n) is 3.92. The van der Waals surface area contributed by atoms with Crippen LogP contribution in [0.1, 0.15) is 28.0 Å². The molecule has 0 aliphatic carbocycles. The van der Waals surface area contributed by atoms with Crippen LogP contribution in [-0.2, 0) is 17.7 Å². The summed E-state index contributed by atoms with van der Waals surface area (Å²) in [7, 11) is 0. The van der Waals surface area contributed by atoms with Crippen molar-refractivity contribution in [1.82, 2.24) is 9.55 Å². The van der Waals surface area contributed by atoms with Crippen molar-refractivity contribution in [3.05, 3.63) is 40.1 Å². The largest absolute Gasteiger partial charge is 0.461 e. The molecule has 0 fully saturated rings. The molecule has 0 aromatic carbocycles. The molecule has 5 heteroatoms. The maximum Gasteiger partial charge on any atom is 0.354 e. The van der Waals surface area contributed by atoms with Crippen LogP contribution in [-0.4, -0.2) is 22.1 Å². The molecule has 0 saturated carbocycles. The van der Waals surface area contributed by atoms with Gasteiger partial charge in [0.15, 0.2) is 0 Å². The van der Waals surface area contributed by atoms with Crippen LogP contribution in [0.5, 0.6) is 0 Å². The molecule has 0 amide bonds. The zero-order chi connectivity index (χ0) is 13.0. The topological polar surface area (TPSA) is 44.1 Å². The lowest BCUT2D eigenvalue weighted by Gasteiger charge is -2.07. The van der Waals surface area contributed by atoms with Crippen LogP contribution in [0.3, 0.4) is 0 Å². The molecule has 2 heterocycles. The van der Waals surface area contributed by atoms with E-state index < -0.39 is 0 Å². The molecule has 4 nitrogen and oxygen atoms in total. The second kappa shape index (κ2) is 5.82. The lowest BCUT2D eigenvalue weighted by atomic mass is 10.3. The average Bonchev–Trinajstić information content (AvgIpc) is 2.95. The number of hydrogen-bond donors (Lipinski definition) is 0. The number of esters is 1. The third-order valence-electron chi connectivity index (χ3n) is 2.74. The van der Waals surface area contributed by atoms with Crippen molar-refractivity contribution in [2.75, 3.05) is 6.61 Å². The molecule has 18 heavy (non-hydrogen) atoms. The van der Waals surface area contributed by atoms with Gasteiger partial charge in [-0.05, 0) is 26.0 Å².